The van der Waals surface area contributed by atoms with E-state index >= 15 is 0 Å². The van der Waals surface area contributed by atoms with Crippen molar-refractivity contribution >= 4 is 28.6 Å². The van der Waals surface area contributed by atoms with Gasteiger partial charge in [0.2, 0.25) is 5.91 Å². The van der Waals surface area contributed by atoms with Crippen molar-refractivity contribution in [2.45, 2.75) is 13.5 Å². The van der Waals surface area contributed by atoms with E-state index < -0.39 is 0 Å². The molecule has 0 aliphatic rings. The first-order chi connectivity index (χ1) is 13.2. The van der Waals surface area contributed by atoms with E-state index in [0.717, 1.165) is 27.8 Å². The summed E-state index contributed by atoms with van der Waals surface area (Å²) in [5.74, 6) is -0.209. The highest BCUT2D eigenvalue weighted by atomic mass is 16.1. The van der Waals surface area contributed by atoms with Crippen LogP contribution in [-0.2, 0) is 11.3 Å². The largest absolute Gasteiger partial charge is 0.359 e. The zero-order chi connectivity index (χ0) is 18.6. The maximum atomic E-state index is 12.2. The van der Waals surface area contributed by atoms with Gasteiger partial charge < -0.3 is 10.3 Å². The summed E-state index contributed by atoms with van der Waals surface area (Å²) in [4.78, 5) is 15.4. The van der Waals surface area contributed by atoms with Crippen molar-refractivity contribution in [3.63, 3.8) is 0 Å². The van der Waals surface area contributed by atoms with Crippen LogP contribution in [0.4, 0.5) is 5.69 Å². The molecule has 0 unspecified atom stereocenters. The standard InChI is InChI=1S/C21H19N5O/c1-15-11-17-12-18(7-9-20(17)22-15)23-21(27)10-8-19-14-26(25-24-19)13-16-5-3-2-4-6-16/h2-12,14,22H,13H2,1H3,(H,23,27). The number of fused-ring (bicyclic) bond motifs is 1. The number of nitrogens with zero attached hydrogens (tertiary/aromatic N) is 3. The zero-order valence-electron chi connectivity index (χ0n) is 14.9. The molecular weight excluding hydrogens is 338 g/mol. The van der Waals surface area contributed by atoms with Crippen LogP contribution in [0.2, 0.25) is 0 Å². The van der Waals surface area contributed by atoms with Gasteiger partial charge in [-0.05, 0) is 42.8 Å². The smallest absolute Gasteiger partial charge is 0.248 e. The van der Waals surface area contributed by atoms with Gasteiger partial charge in [-0.3, -0.25) is 4.79 Å². The molecule has 6 heteroatoms. The highest BCUT2D eigenvalue weighted by Crippen LogP contribution is 2.19. The van der Waals surface area contributed by atoms with Gasteiger partial charge in [0, 0.05) is 28.4 Å². The second-order valence-corrected chi connectivity index (χ2v) is 6.40. The Bertz CT molecular complexity index is 1110. The number of nitrogens with one attached hydrogen (secondary N) is 2. The summed E-state index contributed by atoms with van der Waals surface area (Å²) in [5, 5.41) is 12.1. The number of H-pyrrole nitrogens is 1. The van der Waals surface area contributed by atoms with E-state index in [4.69, 9.17) is 0 Å². The Kier molecular flexibility index (Phi) is 4.53. The number of rotatable bonds is 5. The van der Waals surface area contributed by atoms with E-state index in [1.165, 1.54) is 6.08 Å². The van der Waals surface area contributed by atoms with Gasteiger partial charge in [0.05, 0.1) is 12.7 Å². The third-order valence-electron chi connectivity index (χ3n) is 4.17. The number of carbonyl (C=O) groups is 1. The summed E-state index contributed by atoms with van der Waals surface area (Å²) in [6, 6.07) is 17.9. The molecule has 2 aromatic heterocycles. The second kappa shape index (κ2) is 7.29. The van der Waals surface area contributed by atoms with Crippen molar-refractivity contribution in [2.75, 3.05) is 5.32 Å². The maximum Gasteiger partial charge on any atom is 0.248 e. The monoisotopic (exact) mass is 357 g/mol. The Morgan fingerprint density at radius 2 is 2.04 bits per heavy atom. The van der Waals surface area contributed by atoms with E-state index in [0.29, 0.717) is 12.2 Å². The molecule has 4 rings (SSSR count). The molecule has 4 aromatic rings. The molecule has 0 atom stereocenters. The Hall–Kier alpha value is -3.67. The molecule has 0 aliphatic heterocycles. The fourth-order valence-electron chi connectivity index (χ4n) is 2.94. The number of aromatic amines is 1. The predicted octanol–water partition coefficient (Wildman–Crippen LogP) is 3.77. The lowest BCUT2D eigenvalue weighted by Crippen LogP contribution is -2.07. The molecule has 0 fully saturated rings. The van der Waals surface area contributed by atoms with Crippen molar-refractivity contribution in [3.05, 3.63) is 83.8 Å². The van der Waals surface area contributed by atoms with Crippen molar-refractivity contribution in [2.24, 2.45) is 0 Å². The van der Waals surface area contributed by atoms with Gasteiger partial charge >= 0.3 is 0 Å². The van der Waals surface area contributed by atoms with Crippen LogP contribution in [0, 0.1) is 6.92 Å². The quantitative estimate of drug-likeness (QED) is 0.534. The predicted molar refractivity (Wildman–Crippen MR) is 106 cm³/mol. The molecule has 0 saturated heterocycles. The molecule has 0 saturated carbocycles. The number of carbonyl (C=O) groups excluding carboxylic acids is 1. The SMILES string of the molecule is Cc1cc2cc(NC(=O)C=Cc3cn(Cc4ccccc4)nn3)ccc2[nH]1. The summed E-state index contributed by atoms with van der Waals surface area (Å²) in [6.07, 6.45) is 4.93. The summed E-state index contributed by atoms with van der Waals surface area (Å²) in [5.41, 5.74) is 4.68. The van der Waals surface area contributed by atoms with Gasteiger partial charge in [0.1, 0.15) is 5.69 Å². The fourth-order valence-corrected chi connectivity index (χ4v) is 2.94. The third-order valence-corrected chi connectivity index (χ3v) is 4.17. The number of aromatic nitrogens is 4. The Balaban J connectivity index is 1.39. The highest BCUT2D eigenvalue weighted by molar-refractivity contribution is 6.02. The van der Waals surface area contributed by atoms with Gasteiger partial charge in [0.25, 0.3) is 0 Å². The summed E-state index contributed by atoms with van der Waals surface area (Å²) in [7, 11) is 0. The van der Waals surface area contributed by atoms with Crippen LogP contribution in [-0.4, -0.2) is 25.9 Å². The second-order valence-electron chi connectivity index (χ2n) is 6.40. The summed E-state index contributed by atoms with van der Waals surface area (Å²) in [6.45, 7) is 2.65. The molecule has 2 N–H and O–H groups in total. The lowest BCUT2D eigenvalue weighted by molar-refractivity contribution is -0.111. The lowest BCUT2D eigenvalue weighted by atomic mass is 10.2. The number of anilines is 1. The van der Waals surface area contributed by atoms with Crippen LogP contribution in [0.25, 0.3) is 17.0 Å². The molecule has 0 spiro atoms. The van der Waals surface area contributed by atoms with Crippen molar-refractivity contribution < 1.29 is 4.79 Å². The molecule has 2 aromatic carbocycles. The number of amides is 1. The topological polar surface area (TPSA) is 75.6 Å². The van der Waals surface area contributed by atoms with Crippen LogP contribution in [0.5, 0.6) is 0 Å². The average molecular weight is 357 g/mol. The Morgan fingerprint density at radius 1 is 1.19 bits per heavy atom. The minimum Gasteiger partial charge on any atom is -0.359 e. The Morgan fingerprint density at radius 3 is 2.89 bits per heavy atom. The average Bonchev–Trinajstić information content (AvgIpc) is 3.26. The molecule has 0 aliphatic carbocycles. The van der Waals surface area contributed by atoms with Crippen LogP contribution >= 0.6 is 0 Å². The zero-order valence-corrected chi connectivity index (χ0v) is 14.9. The van der Waals surface area contributed by atoms with Gasteiger partial charge in [-0.2, -0.15) is 0 Å². The van der Waals surface area contributed by atoms with Gasteiger partial charge in [-0.1, -0.05) is 35.5 Å². The van der Waals surface area contributed by atoms with E-state index in [1.807, 2.05) is 67.7 Å². The molecule has 0 radical (unpaired) electrons. The van der Waals surface area contributed by atoms with Crippen molar-refractivity contribution in [1.29, 1.82) is 0 Å². The Labute approximate surface area is 156 Å². The molecule has 27 heavy (non-hydrogen) atoms. The van der Waals surface area contributed by atoms with Crippen LogP contribution in [0.3, 0.4) is 0 Å². The van der Waals surface area contributed by atoms with Crippen LogP contribution < -0.4 is 5.32 Å². The molecule has 0 bridgehead atoms. The third kappa shape index (κ3) is 4.12. The van der Waals surface area contributed by atoms with E-state index in [1.54, 1.807) is 10.8 Å². The first-order valence-corrected chi connectivity index (χ1v) is 8.68. The molecule has 1 amide bonds. The van der Waals surface area contributed by atoms with E-state index in [2.05, 4.69) is 20.6 Å². The van der Waals surface area contributed by atoms with E-state index in [9.17, 15) is 4.79 Å². The van der Waals surface area contributed by atoms with Crippen LogP contribution in [0.15, 0.2) is 66.9 Å². The first-order valence-electron chi connectivity index (χ1n) is 8.68. The molecule has 134 valence electrons. The van der Waals surface area contributed by atoms with Gasteiger partial charge in [0.15, 0.2) is 0 Å². The van der Waals surface area contributed by atoms with Crippen molar-refractivity contribution in [1.82, 2.24) is 20.0 Å². The minimum absolute atomic E-state index is 0.209. The molecular formula is C21H19N5O. The van der Waals surface area contributed by atoms with Crippen molar-refractivity contribution in [3.8, 4) is 0 Å². The lowest BCUT2D eigenvalue weighted by Gasteiger charge is -2.01. The number of hydrogen-bond acceptors (Lipinski definition) is 3. The minimum atomic E-state index is -0.209. The molecule has 2 heterocycles. The van der Waals surface area contributed by atoms with Gasteiger partial charge in [-0.25, -0.2) is 4.68 Å². The number of hydrogen-bond donors (Lipinski definition) is 2. The van der Waals surface area contributed by atoms with Gasteiger partial charge in [-0.15, -0.1) is 5.10 Å². The summed E-state index contributed by atoms with van der Waals surface area (Å²) >= 11 is 0. The molecule has 6 nitrogen and oxygen atoms in total. The maximum absolute atomic E-state index is 12.2. The first kappa shape index (κ1) is 16.8. The number of benzene rings is 2. The highest BCUT2D eigenvalue weighted by Gasteiger charge is 2.03. The van der Waals surface area contributed by atoms with Crippen LogP contribution in [0.1, 0.15) is 17.0 Å². The summed E-state index contributed by atoms with van der Waals surface area (Å²) < 4.78 is 1.75. The van der Waals surface area contributed by atoms with E-state index in [-0.39, 0.29) is 5.91 Å². The normalized spacial score (nSPS) is 11.3. The number of aryl methyl sites for hydroxylation is 1. The fraction of sp³-hybridized carbons (Fsp3) is 0.0952.